The first-order chi connectivity index (χ1) is 9.97. The Hall–Kier alpha value is -1.68. The van der Waals surface area contributed by atoms with Gasteiger partial charge in [-0.05, 0) is 63.4 Å². The number of Topliss-reactive ketones (excluding diaryl/α,β-unsaturated/α-hetero) is 1. The number of carbonyl (C=O) groups excluding carboxylic acids is 2. The van der Waals surface area contributed by atoms with E-state index in [-0.39, 0.29) is 17.7 Å². The van der Waals surface area contributed by atoms with E-state index in [1.807, 2.05) is 6.92 Å². The number of carbonyl (C=O) groups is 2. The van der Waals surface area contributed by atoms with Crippen LogP contribution in [-0.4, -0.2) is 35.7 Å². The van der Waals surface area contributed by atoms with Gasteiger partial charge in [0.05, 0.1) is 6.04 Å². The molecule has 0 unspecified atom stereocenters. The lowest BCUT2D eigenvalue weighted by Gasteiger charge is -2.34. The Morgan fingerprint density at radius 2 is 1.95 bits per heavy atom. The Bertz CT molecular complexity index is 510. The third-order valence-corrected chi connectivity index (χ3v) is 4.17. The predicted molar refractivity (Wildman–Crippen MR) is 84.5 cm³/mol. The van der Waals surface area contributed by atoms with Gasteiger partial charge in [-0.1, -0.05) is 6.92 Å². The maximum absolute atomic E-state index is 12.3. The van der Waals surface area contributed by atoms with Crippen molar-refractivity contribution in [2.24, 2.45) is 5.92 Å². The number of rotatable bonds is 4. The third-order valence-electron chi connectivity index (χ3n) is 4.17. The Morgan fingerprint density at radius 3 is 2.52 bits per heavy atom. The number of piperidine rings is 1. The topological polar surface area (TPSA) is 49.4 Å². The van der Waals surface area contributed by atoms with E-state index in [0.717, 1.165) is 25.2 Å². The highest BCUT2D eigenvalue weighted by molar-refractivity contribution is 5.96. The van der Waals surface area contributed by atoms with Crippen LogP contribution in [0.15, 0.2) is 24.3 Å². The summed E-state index contributed by atoms with van der Waals surface area (Å²) < 4.78 is 0. The smallest absolute Gasteiger partial charge is 0.241 e. The van der Waals surface area contributed by atoms with Crippen LogP contribution < -0.4 is 5.32 Å². The summed E-state index contributed by atoms with van der Waals surface area (Å²) in [7, 11) is 0. The van der Waals surface area contributed by atoms with Crippen molar-refractivity contribution in [1.29, 1.82) is 0 Å². The van der Waals surface area contributed by atoms with Crippen LogP contribution in [0.25, 0.3) is 0 Å². The molecule has 1 N–H and O–H groups in total. The van der Waals surface area contributed by atoms with Gasteiger partial charge in [0.2, 0.25) is 5.91 Å². The molecule has 1 aliphatic rings. The molecule has 1 saturated heterocycles. The molecule has 114 valence electrons. The zero-order valence-corrected chi connectivity index (χ0v) is 13.1. The summed E-state index contributed by atoms with van der Waals surface area (Å²) in [5.74, 6) is 0.701. The Morgan fingerprint density at radius 1 is 1.29 bits per heavy atom. The number of hydrogen-bond donors (Lipinski definition) is 1. The number of benzene rings is 1. The maximum Gasteiger partial charge on any atom is 0.241 e. The van der Waals surface area contributed by atoms with Gasteiger partial charge in [-0.3, -0.25) is 14.5 Å². The molecule has 1 aromatic rings. The van der Waals surface area contributed by atoms with Crippen LogP contribution in [0.1, 0.15) is 44.0 Å². The van der Waals surface area contributed by atoms with E-state index in [4.69, 9.17) is 0 Å². The highest BCUT2D eigenvalue weighted by atomic mass is 16.2. The van der Waals surface area contributed by atoms with Gasteiger partial charge in [0.25, 0.3) is 0 Å². The van der Waals surface area contributed by atoms with E-state index in [1.165, 1.54) is 13.3 Å². The van der Waals surface area contributed by atoms with Gasteiger partial charge in [0, 0.05) is 17.8 Å². The van der Waals surface area contributed by atoms with Crippen LogP contribution >= 0.6 is 0 Å². The summed E-state index contributed by atoms with van der Waals surface area (Å²) in [6.45, 7) is 7.70. The molecule has 0 aromatic heterocycles. The lowest BCUT2D eigenvalue weighted by atomic mass is 9.99. The molecule has 1 aliphatic heterocycles. The summed E-state index contributed by atoms with van der Waals surface area (Å²) in [4.78, 5) is 25.8. The molecule has 0 spiro atoms. The molecule has 4 heteroatoms. The van der Waals surface area contributed by atoms with Crippen LogP contribution in [-0.2, 0) is 4.79 Å². The zero-order valence-electron chi connectivity index (χ0n) is 13.1. The van der Waals surface area contributed by atoms with E-state index in [1.54, 1.807) is 24.3 Å². The second-order valence-electron chi connectivity index (χ2n) is 6.04. The summed E-state index contributed by atoms with van der Waals surface area (Å²) in [6, 6.07) is 6.91. The summed E-state index contributed by atoms with van der Waals surface area (Å²) >= 11 is 0. The molecular weight excluding hydrogens is 264 g/mol. The molecule has 1 heterocycles. The van der Waals surface area contributed by atoms with E-state index >= 15 is 0 Å². The fourth-order valence-corrected chi connectivity index (χ4v) is 2.78. The predicted octanol–water partition coefficient (Wildman–Crippen LogP) is 2.95. The van der Waals surface area contributed by atoms with Gasteiger partial charge in [0.1, 0.15) is 0 Å². The normalized spacial score (nSPS) is 20.8. The van der Waals surface area contributed by atoms with Gasteiger partial charge < -0.3 is 5.32 Å². The number of nitrogens with zero attached hydrogens (tertiary/aromatic N) is 1. The maximum atomic E-state index is 12.3. The SMILES string of the molecule is CC(=O)c1ccc(NC(=O)[C@H](C)N2CCC[C@H](C)C2)cc1. The van der Waals surface area contributed by atoms with E-state index in [2.05, 4.69) is 17.1 Å². The van der Waals surface area contributed by atoms with Crippen molar-refractivity contribution < 1.29 is 9.59 Å². The first-order valence-corrected chi connectivity index (χ1v) is 7.63. The molecule has 0 saturated carbocycles. The fourth-order valence-electron chi connectivity index (χ4n) is 2.78. The van der Waals surface area contributed by atoms with Crippen molar-refractivity contribution in [2.45, 2.75) is 39.7 Å². The molecule has 4 nitrogen and oxygen atoms in total. The Labute approximate surface area is 126 Å². The second kappa shape index (κ2) is 6.85. The number of amides is 1. The molecule has 0 radical (unpaired) electrons. The molecule has 0 aliphatic carbocycles. The molecular formula is C17H24N2O2. The lowest BCUT2D eigenvalue weighted by molar-refractivity contribution is -0.121. The second-order valence-corrected chi connectivity index (χ2v) is 6.04. The highest BCUT2D eigenvalue weighted by Gasteiger charge is 2.25. The quantitative estimate of drug-likeness (QED) is 0.867. The van der Waals surface area contributed by atoms with Crippen LogP contribution in [0, 0.1) is 5.92 Å². The standard InChI is InChI=1S/C17H24N2O2/c1-12-5-4-10-19(11-12)13(2)17(21)18-16-8-6-15(7-9-16)14(3)20/h6-9,12-13H,4-5,10-11H2,1-3H3,(H,18,21)/t12-,13-/m0/s1. The van der Waals surface area contributed by atoms with Crippen LogP contribution in [0.5, 0.6) is 0 Å². The molecule has 1 amide bonds. The van der Waals surface area contributed by atoms with Gasteiger partial charge in [0.15, 0.2) is 5.78 Å². The number of nitrogens with one attached hydrogen (secondary N) is 1. The summed E-state index contributed by atoms with van der Waals surface area (Å²) in [5.41, 5.74) is 1.40. The average Bonchev–Trinajstić information content (AvgIpc) is 2.47. The highest BCUT2D eigenvalue weighted by Crippen LogP contribution is 2.18. The minimum atomic E-state index is -0.125. The largest absolute Gasteiger partial charge is 0.325 e. The summed E-state index contributed by atoms with van der Waals surface area (Å²) in [5, 5.41) is 2.93. The van der Waals surface area contributed by atoms with Crippen molar-refractivity contribution in [1.82, 2.24) is 4.90 Å². The molecule has 0 bridgehead atoms. The monoisotopic (exact) mass is 288 g/mol. The number of likely N-dealkylation sites (tertiary alicyclic amines) is 1. The minimum Gasteiger partial charge on any atom is -0.325 e. The Balaban J connectivity index is 1.95. The first-order valence-electron chi connectivity index (χ1n) is 7.63. The number of ketones is 1. The molecule has 21 heavy (non-hydrogen) atoms. The zero-order chi connectivity index (χ0) is 15.4. The number of anilines is 1. The van der Waals surface area contributed by atoms with E-state index in [9.17, 15) is 9.59 Å². The van der Waals surface area contributed by atoms with Crippen molar-refractivity contribution in [3.8, 4) is 0 Å². The Kier molecular flexibility index (Phi) is 5.12. The molecule has 2 rings (SSSR count). The van der Waals surface area contributed by atoms with E-state index in [0.29, 0.717) is 11.5 Å². The van der Waals surface area contributed by atoms with Crippen LogP contribution in [0.2, 0.25) is 0 Å². The van der Waals surface area contributed by atoms with Crippen LogP contribution in [0.4, 0.5) is 5.69 Å². The van der Waals surface area contributed by atoms with Crippen molar-refractivity contribution >= 4 is 17.4 Å². The number of hydrogen-bond acceptors (Lipinski definition) is 3. The first kappa shape index (κ1) is 15.7. The van der Waals surface area contributed by atoms with Gasteiger partial charge in [-0.15, -0.1) is 0 Å². The van der Waals surface area contributed by atoms with E-state index < -0.39 is 0 Å². The average molecular weight is 288 g/mol. The minimum absolute atomic E-state index is 0.0136. The van der Waals surface area contributed by atoms with Crippen molar-refractivity contribution in [2.75, 3.05) is 18.4 Å². The third kappa shape index (κ3) is 4.14. The van der Waals surface area contributed by atoms with Crippen molar-refractivity contribution in [3.05, 3.63) is 29.8 Å². The van der Waals surface area contributed by atoms with Crippen LogP contribution in [0.3, 0.4) is 0 Å². The molecule has 1 aromatic carbocycles. The van der Waals surface area contributed by atoms with Crippen molar-refractivity contribution in [3.63, 3.8) is 0 Å². The van der Waals surface area contributed by atoms with Gasteiger partial charge >= 0.3 is 0 Å². The lowest BCUT2D eigenvalue weighted by Crippen LogP contribution is -2.46. The van der Waals surface area contributed by atoms with Gasteiger partial charge in [-0.2, -0.15) is 0 Å². The molecule has 1 fully saturated rings. The molecule has 2 atom stereocenters. The van der Waals surface area contributed by atoms with Gasteiger partial charge in [-0.25, -0.2) is 0 Å². The summed E-state index contributed by atoms with van der Waals surface area (Å²) in [6.07, 6.45) is 2.41. The fraction of sp³-hybridized carbons (Fsp3) is 0.529.